The van der Waals surface area contributed by atoms with Gasteiger partial charge in [0.1, 0.15) is 6.61 Å². The van der Waals surface area contributed by atoms with Gasteiger partial charge in [0.15, 0.2) is 11.5 Å². The monoisotopic (exact) mass is 525 g/mol. The molecule has 34 heavy (non-hydrogen) atoms. The Morgan fingerprint density at radius 3 is 2.38 bits per heavy atom. The predicted octanol–water partition coefficient (Wildman–Crippen LogP) is 4.09. The van der Waals surface area contributed by atoms with Crippen molar-refractivity contribution < 1.29 is 24.0 Å². The highest BCUT2D eigenvalue weighted by Gasteiger charge is 2.59. The molecule has 9 nitrogen and oxygen atoms in total. The molecular weight excluding hydrogens is 506 g/mol. The SMILES string of the molecule is COc1cc(/C=N\N2C(=O)[C@@H]3[C@@H](C2=O)[C@H]2C=C[C@H]3C2)cc(Br)c1OCc1ccc([N+](=O)[O-])cc1. The van der Waals surface area contributed by atoms with Crippen LogP contribution in [0, 0.1) is 33.8 Å². The number of hydrogen-bond acceptors (Lipinski definition) is 7. The molecule has 1 aliphatic heterocycles. The van der Waals surface area contributed by atoms with Gasteiger partial charge in [-0.3, -0.25) is 19.7 Å². The van der Waals surface area contributed by atoms with Gasteiger partial charge in [-0.2, -0.15) is 10.1 Å². The van der Waals surface area contributed by atoms with Crippen LogP contribution in [0.4, 0.5) is 5.69 Å². The van der Waals surface area contributed by atoms with E-state index >= 15 is 0 Å². The van der Waals surface area contributed by atoms with Crippen LogP contribution < -0.4 is 9.47 Å². The Hall–Kier alpha value is -3.53. The van der Waals surface area contributed by atoms with E-state index in [0.717, 1.165) is 17.0 Å². The molecule has 3 aliphatic rings. The molecule has 4 atom stereocenters. The first-order valence-electron chi connectivity index (χ1n) is 10.7. The number of nitro benzene ring substituents is 1. The van der Waals surface area contributed by atoms with Gasteiger partial charge in [0, 0.05) is 12.1 Å². The van der Waals surface area contributed by atoms with Gasteiger partial charge in [-0.15, -0.1) is 0 Å². The molecule has 0 unspecified atom stereocenters. The van der Waals surface area contributed by atoms with Crippen molar-refractivity contribution in [2.24, 2.45) is 28.8 Å². The van der Waals surface area contributed by atoms with E-state index in [1.807, 2.05) is 12.2 Å². The second kappa shape index (κ2) is 8.68. The van der Waals surface area contributed by atoms with Crippen molar-refractivity contribution in [2.75, 3.05) is 7.11 Å². The number of nitrogens with zero attached hydrogens (tertiary/aromatic N) is 3. The molecule has 2 fully saturated rings. The third-order valence-corrected chi connectivity index (χ3v) is 7.14. The second-order valence-electron chi connectivity index (χ2n) is 8.48. The molecule has 2 aliphatic carbocycles. The maximum absolute atomic E-state index is 12.8. The number of nitro groups is 1. The highest BCUT2D eigenvalue weighted by Crippen LogP contribution is 2.52. The number of benzene rings is 2. The van der Waals surface area contributed by atoms with Crippen LogP contribution >= 0.6 is 15.9 Å². The van der Waals surface area contributed by atoms with Crippen molar-refractivity contribution in [3.63, 3.8) is 0 Å². The number of carbonyl (C=O) groups is 2. The molecule has 2 aromatic carbocycles. The quantitative estimate of drug-likeness (QED) is 0.177. The number of imide groups is 1. The van der Waals surface area contributed by atoms with Crippen LogP contribution in [0.1, 0.15) is 17.5 Å². The number of non-ortho nitro benzene ring substituents is 1. The van der Waals surface area contributed by atoms with E-state index in [1.54, 1.807) is 24.3 Å². The maximum atomic E-state index is 12.8. The van der Waals surface area contributed by atoms with E-state index in [1.165, 1.54) is 25.5 Å². The van der Waals surface area contributed by atoms with E-state index in [4.69, 9.17) is 9.47 Å². The number of rotatable bonds is 7. The Kier molecular flexibility index (Phi) is 5.68. The molecule has 0 radical (unpaired) electrons. The van der Waals surface area contributed by atoms with Crippen molar-refractivity contribution in [1.29, 1.82) is 0 Å². The summed E-state index contributed by atoms with van der Waals surface area (Å²) < 4.78 is 11.9. The molecule has 1 saturated carbocycles. The van der Waals surface area contributed by atoms with Crippen molar-refractivity contribution in [2.45, 2.75) is 13.0 Å². The molecule has 0 aromatic heterocycles. The molecule has 2 bridgehead atoms. The van der Waals surface area contributed by atoms with E-state index in [9.17, 15) is 19.7 Å². The first kappa shape index (κ1) is 22.3. The van der Waals surface area contributed by atoms with Gasteiger partial charge in [0.05, 0.1) is 34.6 Å². The minimum atomic E-state index is -0.457. The first-order chi connectivity index (χ1) is 16.4. The summed E-state index contributed by atoms with van der Waals surface area (Å²) in [5, 5.41) is 16.0. The number of methoxy groups -OCH3 is 1. The van der Waals surface area contributed by atoms with Crippen LogP contribution in [-0.2, 0) is 16.2 Å². The number of hydrazone groups is 1. The van der Waals surface area contributed by atoms with Gasteiger partial charge in [0.2, 0.25) is 0 Å². The molecule has 2 aromatic rings. The fourth-order valence-corrected chi connectivity index (χ4v) is 5.52. The lowest BCUT2D eigenvalue weighted by Crippen LogP contribution is -2.28. The molecule has 10 heteroatoms. The zero-order valence-corrected chi connectivity index (χ0v) is 19.7. The van der Waals surface area contributed by atoms with Crippen LogP contribution in [-0.4, -0.2) is 35.1 Å². The third kappa shape index (κ3) is 3.77. The van der Waals surface area contributed by atoms with E-state index in [0.29, 0.717) is 21.5 Å². The Bertz CT molecular complexity index is 1210. The Morgan fingerprint density at radius 2 is 1.79 bits per heavy atom. The lowest BCUT2D eigenvalue weighted by molar-refractivity contribution is -0.384. The summed E-state index contributed by atoms with van der Waals surface area (Å²) in [6, 6.07) is 9.52. The normalized spacial score (nSPS) is 24.8. The highest BCUT2D eigenvalue weighted by molar-refractivity contribution is 9.10. The van der Waals surface area contributed by atoms with Gasteiger partial charge in [-0.1, -0.05) is 12.2 Å². The summed E-state index contributed by atoms with van der Waals surface area (Å²) in [4.78, 5) is 35.9. The van der Waals surface area contributed by atoms with E-state index < -0.39 is 4.92 Å². The first-order valence-corrected chi connectivity index (χ1v) is 11.5. The lowest BCUT2D eigenvalue weighted by atomic mass is 9.85. The largest absolute Gasteiger partial charge is 0.493 e. The van der Waals surface area contributed by atoms with Crippen LogP contribution in [0.5, 0.6) is 11.5 Å². The van der Waals surface area contributed by atoms with Gasteiger partial charge in [0.25, 0.3) is 17.5 Å². The second-order valence-corrected chi connectivity index (χ2v) is 9.33. The number of ether oxygens (including phenoxy) is 2. The average molecular weight is 526 g/mol. The van der Waals surface area contributed by atoms with Gasteiger partial charge >= 0.3 is 0 Å². The topological polar surface area (TPSA) is 111 Å². The Labute approximate surface area is 203 Å². The van der Waals surface area contributed by atoms with Crippen LogP contribution in [0.3, 0.4) is 0 Å². The summed E-state index contributed by atoms with van der Waals surface area (Å²) in [5.74, 6) is 0.0715. The molecule has 5 rings (SSSR count). The van der Waals surface area contributed by atoms with Crippen molar-refractivity contribution in [1.82, 2.24) is 5.01 Å². The third-order valence-electron chi connectivity index (χ3n) is 6.55. The minimum Gasteiger partial charge on any atom is -0.493 e. The summed E-state index contributed by atoms with van der Waals surface area (Å²) >= 11 is 3.47. The zero-order valence-electron chi connectivity index (χ0n) is 18.1. The molecule has 174 valence electrons. The van der Waals surface area contributed by atoms with Crippen molar-refractivity contribution in [3.8, 4) is 11.5 Å². The number of allylic oxidation sites excluding steroid dienone is 2. The molecule has 0 N–H and O–H groups in total. The highest BCUT2D eigenvalue weighted by atomic mass is 79.9. The van der Waals surface area contributed by atoms with Crippen molar-refractivity contribution in [3.05, 3.63) is 74.3 Å². The standard InChI is InChI=1S/C24H20BrN3O6/c1-33-19-9-14(8-18(25)22(19)34-12-13-2-6-17(7-3-13)28(31)32)11-26-27-23(29)20-15-4-5-16(10-15)21(20)24(27)30/h2-9,11,15-16,20-21H,10,12H2,1H3/b26-11-/t15-,16-,20-,21-/m0/s1. The molecule has 0 spiro atoms. The van der Waals surface area contributed by atoms with Crippen LogP contribution in [0.25, 0.3) is 0 Å². The molecular formula is C24H20BrN3O6. The van der Waals surface area contributed by atoms with Gasteiger partial charge in [-0.05, 0) is 69.6 Å². The summed E-state index contributed by atoms with van der Waals surface area (Å²) in [7, 11) is 1.50. The van der Waals surface area contributed by atoms with Gasteiger partial charge in [-0.25, -0.2) is 0 Å². The smallest absolute Gasteiger partial charge is 0.269 e. The fraction of sp³-hybridized carbons (Fsp3) is 0.292. The minimum absolute atomic E-state index is 0.00802. The van der Waals surface area contributed by atoms with Crippen molar-refractivity contribution >= 4 is 39.6 Å². The predicted molar refractivity (Wildman–Crippen MR) is 125 cm³/mol. The summed E-state index contributed by atoms with van der Waals surface area (Å²) in [6.45, 7) is 0.177. The van der Waals surface area contributed by atoms with Crippen LogP contribution in [0.2, 0.25) is 0 Å². The summed E-state index contributed by atoms with van der Waals surface area (Å²) in [6.07, 6.45) is 6.42. The number of carbonyl (C=O) groups excluding carboxylic acids is 2. The van der Waals surface area contributed by atoms with E-state index in [-0.39, 0.29) is 47.8 Å². The zero-order chi connectivity index (χ0) is 24.0. The van der Waals surface area contributed by atoms with Gasteiger partial charge < -0.3 is 9.47 Å². The van der Waals surface area contributed by atoms with E-state index in [2.05, 4.69) is 21.0 Å². The lowest BCUT2D eigenvalue weighted by Gasteiger charge is -2.14. The maximum Gasteiger partial charge on any atom is 0.269 e. The molecule has 1 heterocycles. The van der Waals surface area contributed by atoms with Crippen LogP contribution in [0.15, 0.2) is 58.1 Å². The Morgan fingerprint density at radius 1 is 1.15 bits per heavy atom. The Balaban J connectivity index is 1.31. The number of hydrogen-bond donors (Lipinski definition) is 0. The molecule has 2 amide bonds. The fourth-order valence-electron chi connectivity index (χ4n) is 4.95. The number of fused-ring (bicyclic) bond motifs is 5. The molecule has 1 saturated heterocycles. The summed E-state index contributed by atoms with van der Waals surface area (Å²) in [5.41, 5.74) is 1.38. The number of halogens is 1. The number of amides is 2. The average Bonchev–Trinajstić information content (AvgIpc) is 3.51.